The number of rotatable bonds is 7. The molecule has 0 bridgehead atoms. The number of pyridine rings is 2. The zero-order chi connectivity index (χ0) is 25.4. The largest absolute Gasteiger partial charge is 0.474 e. The second-order valence-electron chi connectivity index (χ2n) is 9.47. The third-order valence-electron chi connectivity index (χ3n) is 6.98. The molecule has 2 saturated heterocycles. The molecule has 1 aromatic carbocycles. The minimum Gasteiger partial charge on any atom is -0.474 e. The normalized spacial score (nSPS) is 18.8. The molecule has 190 valence electrons. The second-order valence-corrected chi connectivity index (χ2v) is 10.3. The van der Waals surface area contributed by atoms with Crippen molar-refractivity contribution in [2.45, 2.75) is 38.3 Å². The molecule has 5 rings (SSSR count). The van der Waals surface area contributed by atoms with Crippen LogP contribution in [-0.4, -0.2) is 54.4 Å². The van der Waals surface area contributed by atoms with Crippen molar-refractivity contribution in [3.63, 3.8) is 0 Å². The number of benzene rings is 1. The molecule has 1 atom stereocenters. The van der Waals surface area contributed by atoms with Crippen molar-refractivity contribution < 1.29 is 14.3 Å². The number of hydrogen-bond donors (Lipinski definition) is 1. The number of nitrogens with zero attached hydrogens (tertiary/aromatic N) is 3. The van der Waals surface area contributed by atoms with Crippen molar-refractivity contribution in [3.8, 4) is 5.88 Å². The Kier molecular flexibility index (Phi) is 6.85. The van der Waals surface area contributed by atoms with Gasteiger partial charge >= 0.3 is 5.97 Å². The zero-order valence-electron chi connectivity index (χ0n) is 20.2. The highest BCUT2D eigenvalue weighted by Crippen LogP contribution is 2.37. The van der Waals surface area contributed by atoms with Gasteiger partial charge in [-0.1, -0.05) is 23.2 Å². The summed E-state index contributed by atoms with van der Waals surface area (Å²) in [6.45, 7) is 6.65. The molecular formula is C26H28Cl2N4O4. The van der Waals surface area contributed by atoms with Gasteiger partial charge in [-0.05, 0) is 51.0 Å². The number of anilines is 1. The molecule has 36 heavy (non-hydrogen) atoms. The van der Waals surface area contributed by atoms with E-state index in [2.05, 4.69) is 22.1 Å². The molecule has 2 fully saturated rings. The molecule has 2 aromatic heterocycles. The summed E-state index contributed by atoms with van der Waals surface area (Å²) in [7, 11) is 0. The summed E-state index contributed by atoms with van der Waals surface area (Å²) in [4.78, 5) is 32.4. The van der Waals surface area contributed by atoms with Gasteiger partial charge in [-0.3, -0.25) is 4.79 Å². The van der Waals surface area contributed by atoms with Crippen LogP contribution in [0.4, 0.5) is 5.69 Å². The van der Waals surface area contributed by atoms with E-state index in [1.807, 2.05) is 10.6 Å². The number of fused-ring (bicyclic) bond motifs is 1. The molecule has 2 aliphatic rings. The zero-order valence-corrected chi connectivity index (χ0v) is 21.7. The lowest BCUT2D eigenvalue weighted by molar-refractivity contribution is 0.0523. The number of halogens is 2. The lowest BCUT2D eigenvalue weighted by Gasteiger charge is -2.42. The van der Waals surface area contributed by atoms with Crippen LogP contribution in [0.3, 0.4) is 0 Å². The number of hydrogen-bond acceptors (Lipinski definition) is 7. The van der Waals surface area contributed by atoms with E-state index >= 15 is 0 Å². The summed E-state index contributed by atoms with van der Waals surface area (Å²) < 4.78 is 13.1. The van der Waals surface area contributed by atoms with Gasteiger partial charge in [0.25, 0.3) is 0 Å². The molecule has 0 spiro atoms. The van der Waals surface area contributed by atoms with Crippen LogP contribution in [0.2, 0.25) is 10.0 Å². The van der Waals surface area contributed by atoms with Crippen molar-refractivity contribution in [3.05, 3.63) is 62.5 Å². The number of esters is 1. The van der Waals surface area contributed by atoms with Crippen LogP contribution in [-0.2, 0) is 10.3 Å². The van der Waals surface area contributed by atoms with Crippen LogP contribution in [0.1, 0.15) is 37.0 Å². The first kappa shape index (κ1) is 24.9. The quantitative estimate of drug-likeness (QED) is 0.457. The average molecular weight is 531 g/mol. The van der Waals surface area contributed by atoms with E-state index in [1.54, 1.807) is 37.5 Å². The maximum absolute atomic E-state index is 13.3. The fraction of sp³-hybridized carbons (Fsp3) is 0.423. The molecule has 4 heterocycles. The third-order valence-corrected chi connectivity index (χ3v) is 7.57. The van der Waals surface area contributed by atoms with Gasteiger partial charge in [0.15, 0.2) is 0 Å². The molecule has 0 saturated carbocycles. The van der Waals surface area contributed by atoms with E-state index in [0.29, 0.717) is 27.9 Å². The summed E-state index contributed by atoms with van der Waals surface area (Å²) in [5.41, 5.74) is 0.906. The van der Waals surface area contributed by atoms with Crippen LogP contribution in [0.5, 0.6) is 5.88 Å². The maximum atomic E-state index is 13.3. The van der Waals surface area contributed by atoms with E-state index in [-0.39, 0.29) is 29.2 Å². The van der Waals surface area contributed by atoms with E-state index in [4.69, 9.17) is 32.7 Å². The molecule has 10 heteroatoms. The highest BCUT2D eigenvalue weighted by Gasteiger charge is 2.36. The highest BCUT2D eigenvalue weighted by atomic mass is 35.5. The van der Waals surface area contributed by atoms with Crippen LogP contribution in [0.15, 0.2) is 41.5 Å². The topological polar surface area (TPSA) is 85.7 Å². The molecule has 2 aliphatic heterocycles. The summed E-state index contributed by atoms with van der Waals surface area (Å²) >= 11 is 13.0. The predicted octanol–water partition coefficient (Wildman–Crippen LogP) is 4.25. The Morgan fingerprint density at radius 2 is 2.08 bits per heavy atom. The Balaban J connectivity index is 1.55. The van der Waals surface area contributed by atoms with Crippen molar-refractivity contribution in [2.75, 3.05) is 37.7 Å². The van der Waals surface area contributed by atoms with Gasteiger partial charge < -0.3 is 24.3 Å². The van der Waals surface area contributed by atoms with Gasteiger partial charge in [0.1, 0.15) is 17.2 Å². The lowest BCUT2D eigenvalue weighted by Crippen LogP contribution is -2.58. The first-order valence-corrected chi connectivity index (χ1v) is 12.8. The Morgan fingerprint density at radius 1 is 1.28 bits per heavy atom. The van der Waals surface area contributed by atoms with E-state index < -0.39 is 5.97 Å². The van der Waals surface area contributed by atoms with Gasteiger partial charge in [-0.2, -0.15) is 0 Å². The lowest BCUT2D eigenvalue weighted by atomic mass is 9.93. The van der Waals surface area contributed by atoms with Gasteiger partial charge in [0.2, 0.25) is 11.3 Å². The molecule has 0 amide bonds. The molecule has 3 aromatic rings. The van der Waals surface area contributed by atoms with Gasteiger partial charge in [-0.25, -0.2) is 9.78 Å². The van der Waals surface area contributed by atoms with Crippen molar-refractivity contribution in [1.82, 2.24) is 14.9 Å². The first-order chi connectivity index (χ1) is 17.3. The standard InChI is InChI=1S/C26H28Cl2N4O4/c1-3-35-25(34)18-12-32(26(2)14-29-15-26)21-11-22(20(28)10-17(21)23(18)33)31-9-5-6-16(31)13-36-24-19(27)7-4-8-30-24/h4,7-8,10-12,16,29H,3,5-6,9,13-15H2,1-2H3. The molecule has 1 N–H and O–H groups in total. The van der Waals surface area contributed by atoms with E-state index in [1.165, 1.54) is 0 Å². The Bertz CT molecular complexity index is 1370. The van der Waals surface area contributed by atoms with Crippen molar-refractivity contribution in [1.29, 1.82) is 0 Å². The number of ether oxygens (including phenoxy) is 2. The monoisotopic (exact) mass is 530 g/mol. The van der Waals surface area contributed by atoms with Gasteiger partial charge in [0.05, 0.1) is 34.4 Å². The fourth-order valence-electron chi connectivity index (χ4n) is 4.99. The minimum absolute atomic E-state index is 0.0148. The number of aromatic nitrogens is 2. The van der Waals surface area contributed by atoms with Crippen LogP contribution < -0.4 is 20.4 Å². The van der Waals surface area contributed by atoms with Gasteiger partial charge in [-0.15, -0.1) is 0 Å². The minimum atomic E-state index is -0.626. The fourth-order valence-corrected chi connectivity index (χ4v) is 5.44. The number of carbonyl (C=O) groups excluding carboxylic acids is 1. The Labute approximate surface area is 219 Å². The molecule has 8 nitrogen and oxygen atoms in total. The van der Waals surface area contributed by atoms with Crippen molar-refractivity contribution >= 4 is 45.8 Å². The summed E-state index contributed by atoms with van der Waals surface area (Å²) in [5.74, 6) is -0.222. The third kappa shape index (κ3) is 4.42. The Morgan fingerprint density at radius 3 is 2.78 bits per heavy atom. The molecular weight excluding hydrogens is 503 g/mol. The first-order valence-electron chi connectivity index (χ1n) is 12.1. The summed E-state index contributed by atoms with van der Waals surface area (Å²) in [6.07, 6.45) is 5.19. The van der Waals surface area contributed by atoms with E-state index in [0.717, 1.165) is 43.7 Å². The second kappa shape index (κ2) is 9.92. The smallest absolute Gasteiger partial charge is 0.343 e. The highest BCUT2D eigenvalue weighted by molar-refractivity contribution is 6.34. The number of carbonyl (C=O) groups is 1. The maximum Gasteiger partial charge on any atom is 0.343 e. The number of nitrogens with one attached hydrogen (secondary N) is 1. The average Bonchev–Trinajstić information content (AvgIpc) is 3.31. The summed E-state index contributed by atoms with van der Waals surface area (Å²) in [6, 6.07) is 7.21. The van der Waals surface area contributed by atoms with Crippen LogP contribution in [0.25, 0.3) is 10.9 Å². The van der Waals surface area contributed by atoms with Gasteiger partial charge in [0, 0.05) is 37.4 Å². The SMILES string of the molecule is CCOC(=O)c1cn(C2(C)CNC2)c2cc(N3CCCC3COc3ncccc3Cl)c(Cl)cc2c1=O. The molecule has 0 aliphatic carbocycles. The van der Waals surface area contributed by atoms with E-state index in [9.17, 15) is 9.59 Å². The summed E-state index contributed by atoms with van der Waals surface area (Å²) in [5, 5.41) is 4.61. The van der Waals surface area contributed by atoms with Crippen LogP contribution in [0, 0.1) is 0 Å². The van der Waals surface area contributed by atoms with Crippen molar-refractivity contribution in [2.24, 2.45) is 0 Å². The molecule has 0 radical (unpaired) electrons. The predicted molar refractivity (Wildman–Crippen MR) is 141 cm³/mol. The van der Waals surface area contributed by atoms with Crippen LogP contribution >= 0.6 is 23.2 Å². The Hall–Kier alpha value is -2.81. The molecule has 1 unspecified atom stereocenters.